The van der Waals surface area contributed by atoms with Crippen LogP contribution in [0.3, 0.4) is 0 Å². The minimum Gasteiger partial charge on any atom is -0.481 e. The van der Waals surface area contributed by atoms with Crippen molar-refractivity contribution in [1.82, 2.24) is 4.98 Å². The minimum atomic E-state index is -0.798. The quantitative estimate of drug-likeness (QED) is 0.735. The molecule has 0 unspecified atom stereocenters. The summed E-state index contributed by atoms with van der Waals surface area (Å²) in [4.78, 5) is 15.3. The van der Waals surface area contributed by atoms with E-state index in [-0.39, 0.29) is 0 Å². The number of aromatic nitrogens is 1. The van der Waals surface area contributed by atoms with Crippen molar-refractivity contribution in [3.05, 3.63) is 16.1 Å². The molecule has 1 atom stereocenters. The molecule has 11 heavy (non-hydrogen) atoms. The number of thiazole rings is 1. The Labute approximate surface area is 68.7 Å². The fourth-order valence-electron chi connectivity index (χ4n) is 0.700. The largest absolute Gasteiger partial charge is 0.481 e. The minimum absolute atomic E-state index is 0.429. The highest BCUT2D eigenvalue weighted by atomic mass is 32.1. The number of carbonyl (C=O) groups is 1. The maximum Gasteiger partial charge on any atom is 0.311 e. The Bertz CT molecular complexity index is 269. The third kappa shape index (κ3) is 1.77. The summed E-state index contributed by atoms with van der Waals surface area (Å²) >= 11 is 1.43. The van der Waals surface area contributed by atoms with Gasteiger partial charge in [-0.1, -0.05) is 0 Å². The van der Waals surface area contributed by atoms with Gasteiger partial charge in [0, 0.05) is 11.1 Å². The van der Waals surface area contributed by atoms with E-state index in [1.165, 1.54) is 11.3 Å². The van der Waals surface area contributed by atoms with Gasteiger partial charge in [-0.05, 0) is 13.8 Å². The second kappa shape index (κ2) is 3.00. The van der Waals surface area contributed by atoms with Crippen molar-refractivity contribution in [3.63, 3.8) is 0 Å². The molecular weight excluding hydrogens is 162 g/mol. The fraction of sp³-hybridized carbons (Fsp3) is 0.429. The summed E-state index contributed by atoms with van der Waals surface area (Å²) in [7, 11) is 0. The number of hydrogen-bond donors (Lipinski definition) is 1. The molecule has 0 aliphatic rings. The number of nitrogens with zero attached hydrogens (tertiary/aromatic N) is 1. The van der Waals surface area contributed by atoms with E-state index in [9.17, 15) is 4.79 Å². The summed E-state index contributed by atoms with van der Waals surface area (Å²) in [5.41, 5.74) is 0. The van der Waals surface area contributed by atoms with Crippen LogP contribution in [-0.4, -0.2) is 16.1 Å². The smallest absolute Gasteiger partial charge is 0.311 e. The van der Waals surface area contributed by atoms with Crippen molar-refractivity contribution in [1.29, 1.82) is 0 Å². The lowest BCUT2D eigenvalue weighted by Gasteiger charge is -1.99. The van der Waals surface area contributed by atoms with Crippen LogP contribution in [0.1, 0.15) is 22.7 Å². The van der Waals surface area contributed by atoms with Crippen LogP contribution in [0.25, 0.3) is 0 Å². The predicted octanol–water partition coefficient (Wildman–Crippen LogP) is 1.64. The van der Waals surface area contributed by atoms with E-state index in [0.29, 0.717) is 0 Å². The Morgan fingerprint density at radius 3 is 2.82 bits per heavy atom. The van der Waals surface area contributed by atoms with E-state index in [1.54, 1.807) is 13.1 Å². The number of rotatable bonds is 2. The molecule has 0 amide bonds. The van der Waals surface area contributed by atoms with Gasteiger partial charge in [-0.15, -0.1) is 11.3 Å². The van der Waals surface area contributed by atoms with E-state index >= 15 is 0 Å². The van der Waals surface area contributed by atoms with Gasteiger partial charge in [-0.25, -0.2) is 4.98 Å². The average Bonchev–Trinajstić information content (AvgIpc) is 2.34. The summed E-state index contributed by atoms with van der Waals surface area (Å²) in [6, 6.07) is 0. The van der Waals surface area contributed by atoms with Gasteiger partial charge in [0.05, 0.1) is 10.9 Å². The molecule has 1 aromatic rings. The lowest BCUT2D eigenvalue weighted by molar-refractivity contribution is -0.138. The molecular formula is C7H9NO2S. The molecule has 1 N–H and O–H groups in total. The van der Waals surface area contributed by atoms with Crippen LogP contribution in [0.5, 0.6) is 0 Å². The second-order valence-corrected chi connectivity index (χ2v) is 3.61. The maximum absolute atomic E-state index is 10.5. The summed E-state index contributed by atoms with van der Waals surface area (Å²) in [5.74, 6) is -1.23. The lowest BCUT2D eigenvalue weighted by Crippen LogP contribution is -2.05. The van der Waals surface area contributed by atoms with E-state index in [1.807, 2.05) is 6.92 Å². The van der Waals surface area contributed by atoms with Crippen molar-refractivity contribution >= 4 is 17.3 Å². The molecule has 4 heteroatoms. The normalized spacial score (nSPS) is 12.9. The lowest BCUT2D eigenvalue weighted by atomic mass is 10.2. The van der Waals surface area contributed by atoms with Crippen LogP contribution in [-0.2, 0) is 4.79 Å². The third-order valence-corrected chi connectivity index (χ3v) is 2.53. The molecule has 60 valence electrons. The molecule has 1 aromatic heterocycles. The van der Waals surface area contributed by atoms with Crippen molar-refractivity contribution in [3.8, 4) is 0 Å². The van der Waals surface area contributed by atoms with Crippen LogP contribution >= 0.6 is 11.3 Å². The highest BCUT2D eigenvalue weighted by Crippen LogP contribution is 2.21. The zero-order chi connectivity index (χ0) is 8.43. The van der Waals surface area contributed by atoms with Gasteiger partial charge in [0.2, 0.25) is 0 Å². The monoisotopic (exact) mass is 171 g/mol. The summed E-state index contributed by atoms with van der Waals surface area (Å²) in [5, 5.41) is 9.53. The Balaban J connectivity index is 2.84. The molecule has 1 heterocycles. The fourth-order valence-corrected chi connectivity index (χ4v) is 1.53. The molecule has 0 aromatic carbocycles. The predicted molar refractivity (Wildman–Crippen MR) is 42.9 cm³/mol. The molecule has 0 bridgehead atoms. The van der Waals surface area contributed by atoms with Gasteiger partial charge < -0.3 is 5.11 Å². The Morgan fingerprint density at radius 2 is 2.45 bits per heavy atom. The molecule has 0 fully saturated rings. The summed E-state index contributed by atoms with van der Waals surface area (Å²) in [6.07, 6.45) is 1.62. The zero-order valence-electron chi connectivity index (χ0n) is 6.37. The third-order valence-electron chi connectivity index (χ3n) is 1.44. The van der Waals surface area contributed by atoms with Crippen LogP contribution in [0.4, 0.5) is 0 Å². The van der Waals surface area contributed by atoms with Gasteiger partial charge in [-0.3, -0.25) is 4.79 Å². The maximum atomic E-state index is 10.5. The highest BCUT2D eigenvalue weighted by Gasteiger charge is 2.15. The van der Waals surface area contributed by atoms with Crippen molar-refractivity contribution in [2.45, 2.75) is 19.8 Å². The molecule has 0 saturated heterocycles. The highest BCUT2D eigenvalue weighted by molar-refractivity contribution is 7.11. The molecule has 0 spiro atoms. The van der Waals surface area contributed by atoms with Gasteiger partial charge in [0.15, 0.2) is 0 Å². The molecule has 3 nitrogen and oxygen atoms in total. The summed E-state index contributed by atoms with van der Waals surface area (Å²) in [6.45, 7) is 3.53. The molecule has 1 rings (SSSR count). The first kappa shape index (κ1) is 8.20. The first-order chi connectivity index (χ1) is 5.11. The van der Waals surface area contributed by atoms with Crippen LogP contribution in [0, 0.1) is 6.92 Å². The van der Waals surface area contributed by atoms with E-state index < -0.39 is 11.9 Å². The van der Waals surface area contributed by atoms with Gasteiger partial charge in [0.25, 0.3) is 0 Å². The van der Waals surface area contributed by atoms with Crippen molar-refractivity contribution in [2.75, 3.05) is 0 Å². The number of aryl methyl sites for hydroxylation is 1. The van der Waals surface area contributed by atoms with E-state index in [0.717, 1.165) is 9.88 Å². The number of carboxylic acids is 1. The molecule has 0 aliphatic heterocycles. The topological polar surface area (TPSA) is 50.2 Å². The molecule has 0 radical (unpaired) electrons. The Hall–Kier alpha value is -0.900. The van der Waals surface area contributed by atoms with E-state index in [4.69, 9.17) is 5.11 Å². The zero-order valence-corrected chi connectivity index (χ0v) is 7.18. The van der Waals surface area contributed by atoms with Gasteiger partial charge >= 0.3 is 5.97 Å². The Morgan fingerprint density at radius 1 is 1.82 bits per heavy atom. The molecule has 0 saturated carbocycles. The standard InChI is InChI=1S/C7H9NO2S/c1-4(7(9)10)6-3-8-5(2)11-6/h3-4H,1-2H3,(H,9,10)/t4-/m0/s1. The number of hydrogen-bond acceptors (Lipinski definition) is 3. The summed E-state index contributed by atoms with van der Waals surface area (Å²) < 4.78 is 0. The van der Waals surface area contributed by atoms with Crippen molar-refractivity contribution < 1.29 is 9.90 Å². The van der Waals surface area contributed by atoms with E-state index in [2.05, 4.69) is 4.98 Å². The first-order valence-electron chi connectivity index (χ1n) is 3.26. The number of carboxylic acid groups (broad SMARTS) is 1. The van der Waals surface area contributed by atoms with Crippen molar-refractivity contribution in [2.24, 2.45) is 0 Å². The van der Waals surface area contributed by atoms with Crippen LogP contribution < -0.4 is 0 Å². The number of aliphatic carboxylic acids is 1. The first-order valence-corrected chi connectivity index (χ1v) is 4.08. The van der Waals surface area contributed by atoms with Gasteiger partial charge in [0.1, 0.15) is 0 Å². The molecule has 0 aliphatic carbocycles. The van der Waals surface area contributed by atoms with Crippen LogP contribution in [0.2, 0.25) is 0 Å². The second-order valence-electron chi connectivity index (χ2n) is 2.34. The van der Waals surface area contributed by atoms with Gasteiger partial charge in [-0.2, -0.15) is 0 Å². The SMILES string of the molecule is Cc1ncc([C@H](C)C(=O)O)s1. The van der Waals surface area contributed by atoms with Crippen LogP contribution in [0.15, 0.2) is 6.20 Å². The Kier molecular flexibility index (Phi) is 2.24. The average molecular weight is 171 g/mol.